The highest BCUT2D eigenvalue weighted by Gasteiger charge is 2.10. The minimum Gasteiger partial charge on any atom is -0.346 e. The molecule has 0 radical (unpaired) electrons. The summed E-state index contributed by atoms with van der Waals surface area (Å²) in [4.78, 5) is 1.98. The predicted molar refractivity (Wildman–Crippen MR) is 108 cm³/mol. The molecule has 2 heterocycles. The van der Waals surface area contributed by atoms with Crippen LogP contribution in [0.15, 0.2) is 48.9 Å². The number of benzene rings is 1. The molecule has 0 saturated heterocycles. The van der Waals surface area contributed by atoms with E-state index in [4.69, 9.17) is 23.8 Å². The van der Waals surface area contributed by atoms with E-state index in [2.05, 4.69) is 22.4 Å². The summed E-state index contributed by atoms with van der Waals surface area (Å²) < 4.78 is 3.81. The van der Waals surface area contributed by atoms with Gasteiger partial charge in [0, 0.05) is 31.0 Å². The Balaban J connectivity index is 1.58. The number of nitrogens with one attached hydrogen (secondary N) is 1. The molecular weight excluding hydrogens is 368 g/mol. The number of anilines is 1. The molecule has 0 saturated carbocycles. The van der Waals surface area contributed by atoms with E-state index < -0.39 is 0 Å². The van der Waals surface area contributed by atoms with Gasteiger partial charge in [0.15, 0.2) is 5.11 Å². The molecule has 0 amide bonds. The van der Waals surface area contributed by atoms with E-state index >= 15 is 0 Å². The van der Waals surface area contributed by atoms with Crippen LogP contribution in [0, 0.1) is 0 Å². The monoisotopic (exact) mass is 388 g/mol. The molecule has 1 N–H and O–H groups in total. The van der Waals surface area contributed by atoms with Gasteiger partial charge in [-0.1, -0.05) is 23.7 Å². The van der Waals surface area contributed by atoms with Gasteiger partial charge in [-0.25, -0.2) is 0 Å². The van der Waals surface area contributed by atoms with Crippen LogP contribution >= 0.6 is 23.8 Å². The van der Waals surface area contributed by atoms with Gasteiger partial charge in [-0.3, -0.25) is 9.36 Å². The number of hydrogen-bond acceptors (Lipinski definition) is 3. The molecule has 0 bridgehead atoms. The molecule has 0 unspecified atom stereocenters. The van der Waals surface area contributed by atoms with Crippen LogP contribution in [0.2, 0.25) is 5.02 Å². The second kappa shape index (κ2) is 8.33. The molecule has 0 fully saturated rings. The summed E-state index contributed by atoms with van der Waals surface area (Å²) in [7, 11) is 1.96. The van der Waals surface area contributed by atoms with Crippen molar-refractivity contribution in [2.75, 3.05) is 12.4 Å². The summed E-state index contributed by atoms with van der Waals surface area (Å²) in [6.07, 6.45) is 5.50. The topological polar surface area (TPSA) is 50.9 Å². The quantitative estimate of drug-likeness (QED) is 0.653. The van der Waals surface area contributed by atoms with Crippen LogP contribution in [-0.2, 0) is 19.6 Å². The molecule has 0 atom stereocenters. The predicted octanol–water partition coefficient (Wildman–Crippen LogP) is 3.63. The molecule has 6 nitrogen and oxygen atoms in total. The molecular formula is C18H21ClN6S. The summed E-state index contributed by atoms with van der Waals surface area (Å²) in [5.74, 6) is 0. The van der Waals surface area contributed by atoms with E-state index in [1.807, 2.05) is 64.0 Å². The van der Waals surface area contributed by atoms with Gasteiger partial charge in [-0.15, -0.1) is 0 Å². The lowest BCUT2D eigenvalue weighted by molar-refractivity contribution is 0.471. The first-order valence-corrected chi connectivity index (χ1v) is 9.13. The Morgan fingerprint density at radius 1 is 1.31 bits per heavy atom. The Labute approximate surface area is 163 Å². The molecule has 3 rings (SSSR count). The van der Waals surface area contributed by atoms with Gasteiger partial charge < -0.3 is 10.2 Å². The van der Waals surface area contributed by atoms with Gasteiger partial charge in [0.05, 0.1) is 30.7 Å². The fraction of sp³-hybridized carbons (Fsp3) is 0.278. The first-order chi connectivity index (χ1) is 12.5. The third kappa shape index (κ3) is 4.62. The summed E-state index contributed by atoms with van der Waals surface area (Å²) in [6, 6.07) is 9.76. The Bertz CT molecular complexity index is 887. The number of aryl methyl sites for hydroxylation is 1. The van der Waals surface area contributed by atoms with Crippen LogP contribution < -0.4 is 5.32 Å². The van der Waals surface area contributed by atoms with Gasteiger partial charge in [0.1, 0.15) is 0 Å². The molecule has 26 heavy (non-hydrogen) atoms. The van der Waals surface area contributed by atoms with Crippen molar-refractivity contribution in [3.8, 4) is 0 Å². The zero-order valence-electron chi connectivity index (χ0n) is 14.8. The van der Waals surface area contributed by atoms with Crippen LogP contribution in [0.25, 0.3) is 0 Å². The summed E-state index contributed by atoms with van der Waals surface area (Å²) >= 11 is 11.5. The maximum atomic E-state index is 6.03. The van der Waals surface area contributed by atoms with Crippen molar-refractivity contribution >= 4 is 34.6 Å². The summed E-state index contributed by atoms with van der Waals surface area (Å²) in [5.41, 5.74) is 3.07. The van der Waals surface area contributed by atoms with Crippen molar-refractivity contribution in [3.05, 3.63) is 65.2 Å². The first kappa shape index (κ1) is 18.4. The van der Waals surface area contributed by atoms with E-state index in [-0.39, 0.29) is 0 Å². The van der Waals surface area contributed by atoms with Gasteiger partial charge in [-0.05, 0) is 42.9 Å². The van der Waals surface area contributed by atoms with Gasteiger partial charge in [-0.2, -0.15) is 10.2 Å². The molecule has 3 aromatic rings. The third-order valence-electron chi connectivity index (χ3n) is 3.97. The fourth-order valence-corrected chi connectivity index (χ4v) is 3.05. The van der Waals surface area contributed by atoms with E-state index in [9.17, 15) is 0 Å². The highest BCUT2D eigenvalue weighted by atomic mass is 35.5. The Kier molecular flexibility index (Phi) is 5.90. The van der Waals surface area contributed by atoms with Crippen LogP contribution in [-0.4, -0.2) is 36.6 Å². The van der Waals surface area contributed by atoms with E-state index in [1.165, 1.54) is 0 Å². The average molecular weight is 389 g/mol. The number of hydrogen-bond donors (Lipinski definition) is 1. The summed E-state index contributed by atoms with van der Waals surface area (Å²) in [5, 5.41) is 13.2. The second-order valence-corrected chi connectivity index (χ2v) is 6.80. The van der Waals surface area contributed by atoms with E-state index in [0.717, 1.165) is 28.5 Å². The van der Waals surface area contributed by atoms with Crippen LogP contribution in [0.3, 0.4) is 0 Å². The average Bonchev–Trinajstić information content (AvgIpc) is 3.24. The highest BCUT2D eigenvalue weighted by molar-refractivity contribution is 7.80. The van der Waals surface area contributed by atoms with Crippen LogP contribution in [0.4, 0.5) is 5.69 Å². The van der Waals surface area contributed by atoms with Crippen molar-refractivity contribution in [3.63, 3.8) is 0 Å². The second-order valence-electron chi connectivity index (χ2n) is 5.98. The van der Waals surface area contributed by atoms with E-state index in [0.29, 0.717) is 18.2 Å². The lowest BCUT2D eigenvalue weighted by Crippen LogP contribution is -2.31. The largest absolute Gasteiger partial charge is 0.346 e. The van der Waals surface area contributed by atoms with Crippen molar-refractivity contribution < 1.29 is 0 Å². The van der Waals surface area contributed by atoms with Crippen molar-refractivity contribution in [1.29, 1.82) is 0 Å². The zero-order valence-corrected chi connectivity index (χ0v) is 16.3. The SMILES string of the molecule is CCn1nccc1CN(C)C(=S)Nc1cnn(Cc2cccc(Cl)c2)c1. The molecule has 0 aliphatic carbocycles. The smallest absolute Gasteiger partial charge is 0.173 e. The number of thiocarbonyl (C=S) groups is 1. The highest BCUT2D eigenvalue weighted by Crippen LogP contribution is 2.13. The number of nitrogens with zero attached hydrogens (tertiary/aromatic N) is 5. The molecule has 1 aromatic carbocycles. The minimum atomic E-state index is 0.635. The molecule has 136 valence electrons. The molecule has 0 aliphatic rings. The van der Waals surface area contributed by atoms with Crippen LogP contribution in [0.5, 0.6) is 0 Å². The number of halogens is 1. The Hall–Kier alpha value is -2.38. The van der Waals surface area contributed by atoms with E-state index in [1.54, 1.807) is 6.20 Å². The van der Waals surface area contributed by atoms with Gasteiger partial charge >= 0.3 is 0 Å². The maximum absolute atomic E-state index is 6.03. The van der Waals surface area contributed by atoms with Gasteiger partial charge in [0.2, 0.25) is 0 Å². The normalized spacial score (nSPS) is 10.7. The molecule has 8 heteroatoms. The standard InChI is InChI=1S/C18H21ClN6S/c1-3-25-17(7-8-20-25)13-23(2)18(26)22-16-10-21-24(12-16)11-14-5-4-6-15(19)9-14/h4-10,12H,3,11,13H2,1-2H3,(H,22,26). The van der Waals surface area contributed by atoms with Crippen molar-refractivity contribution in [2.45, 2.75) is 26.6 Å². The fourth-order valence-electron chi connectivity index (χ4n) is 2.65. The Morgan fingerprint density at radius 2 is 2.15 bits per heavy atom. The number of rotatable bonds is 6. The Morgan fingerprint density at radius 3 is 2.92 bits per heavy atom. The minimum absolute atomic E-state index is 0.635. The van der Waals surface area contributed by atoms with Crippen molar-refractivity contribution in [1.82, 2.24) is 24.5 Å². The molecule has 0 aliphatic heterocycles. The lowest BCUT2D eigenvalue weighted by Gasteiger charge is -2.20. The molecule has 2 aromatic heterocycles. The van der Waals surface area contributed by atoms with Crippen LogP contribution in [0.1, 0.15) is 18.2 Å². The van der Waals surface area contributed by atoms with Gasteiger partial charge in [0.25, 0.3) is 0 Å². The molecule has 0 spiro atoms. The first-order valence-electron chi connectivity index (χ1n) is 8.35. The summed E-state index contributed by atoms with van der Waals surface area (Å²) in [6.45, 7) is 4.25. The third-order valence-corrected chi connectivity index (χ3v) is 4.62. The number of aromatic nitrogens is 4. The maximum Gasteiger partial charge on any atom is 0.173 e. The van der Waals surface area contributed by atoms with Crippen molar-refractivity contribution in [2.24, 2.45) is 0 Å². The zero-order chi connectivity index (χ0) is 18.5. The lowest BCUT2D eigenvalue weighted by atomic mass is 10.2.